The van der Waals surface area contributed by atoms with E-state index in [1.54, 1.807) is 28.8 Å². The largest absolute Gasteiger partial charge is 0.444 e. The standard InChI is InChI=1S/C39H43ClN8O4/c1-24-30(10-7-11-31(24)43-35-34-27(12-15-41-35)18-25(20-42-34)21-46-16-13-29(49)22-46)26-8-6-9-28(19-26)48(40)37(50)36-44-32-23-47(17-14-33(32)45(36)5)38(51)52-39(2,3)4/h6-12,15,18-20,29,49H,13-14,16-17,21-23H2,1-5H3,(H,41,43). The van der Waals surface area contributed by atoms with Crippen LogP contribution < -0.4 is 9.74 Å². The van der Waals surface area contributed by atoms with Gasteiger partial charge in [0.1, 0.15) is 11.1 Å². The second-order valence-corrected chi connectivity index (χ2v) is 14.9. The van der Waals surface area contributed by atoms with E-state index < -0.39 is 17.6 Å². The summed E-state index contributed by atoms with van der Waals surface area (Å²) >= 11 is 6.74. The number of hydrogen-bond donors (Lipinski definition) is 2. The predicted octanol–water partition coefficient (Wildman–Crippen LogP) is 6.74. The van der Waals surface area contributed by atoms with Crippen LogP contribution in [0.4, 0.5) is 22.0 Å². The lowest BCUT2D eigenvalue weighted by molar-refractivity contribution is 0.0220. The highest BCUT2D eigenvalue weighted by Gasteiger charge is 2.31. The fraction of sp³-hybridized carbons (Fsp3) is 0.359. The lowest BCUT2D eigenvalue weighted by Gasteiger charge is -2.29. The maximum atomic E-state index is 13.8. The number of aliphatic hydroxyl groups is 1. The number of likely N-dealkylation sites (tertiary alicyclic amines) is 1. The summed E-state index contributed by atoms with van der Waals surface area (Å²) in [5, 5.41) is 14.4. The Kier molecular flexibility index (Phi) is 9.64. The van der Waals surface area contributed by atoms with Crippen LogP contribution in [0.25, 0.3) is 22.0 Å². The van der Waals surface area contributed by atoms with Crippen molar-refractivity contribution >= 4 is 51.9 Å². The Morgan fingerprint density at radius 2 is 1.90 bits per heavy atom. The molecule has 270 valence electrons. The van der Waals surface area contributed by atoms with Crippen molar-refractivity contribution in [2.75, 3.05) is 29.4 Å². The summed E-state index contributed by atoms with van der Waals surface area (Å²) in [5.41, 5.74) is 6.99. The quantitative estimate of drug-likeness (QED) is 0.176. The number of carbonyl (C=O) groups excluding carboxylic acids is 2. The zero-order chi connectivity index (χ0) is 36.7. The number of halogens is 1. The van der Waals surface area contributed by atoms with E-state index in [2.05, 4.69) is 26.3 Å². The molecule has 52 heavy (non-hydrogen) atoms. The number of pyridine rings is 2. The van der Waals surface area contributed by atoms with Crippen LogP contribution in [0.15, 0.2) is 67.0 Å². The zero-order valence-corrected chi connectivity index (χ0v) is 30.8. The number of amides is 2. The van der Waals surface area contributed by atoms with E-state index in [-0.39, 0.29) is 18.5 Å². The second-order valence-electron chi connectivity index (χ2n) is 14.5. The molecular weight excluding hydrogens is 680 g/mol. The zero-order valence-electron chi connectivity index (χ0n) is 30.1. The van der Waals surface area contributed by atoms with Crippen molar-refractivity contribution in [1.82, 2.24) is 29.3 Å². The van der Waals surface area contributed by atoms with Gasteiger partial charge in [-0.25, -0.2) is 19.2 Å². The Bertz CT molecular complexity index is 2160. The number of ether oxygens (including phenoxy) is 1. The minimum atomic E-state index is -0.608. The number of β-amino-alcohol motifs (C(OH)–C–C–N with tert-alkyl or cyclic N) is 1. The van der Waals surface area contributed by atoms with Gasteiger partial charge >= 0.3 is 12.0 Å². The third-order valence-corrected chi connectivity index (χ3v) is 9.91. The number of aromatic nitrogens is 4. The average molecular weight is 723 g/mol. The minimum absolute atomic E-state index is 0.192. The third-order valence-electron chi connectivity index (χ3n) is 9.56. The Labute approximate surface area is 308 Å². The molecule has 2 N–H and O–H groups in total. The molecule has 2 aliphatic rings. The number of rotatable bonds is 7. The molecule has 0 aliphatic carbocycles. The Morgan fingerprint density at radius 3 is 2.67 bits per heavy atom. The van der Waals surface area contributed by atoms with E-state index in [1.165, 1.54) is 0 Å². The van der Waals surface area contributed by atoms with Gasteiger partial charge in [-0.1, -0.05) is 24.3 Å². The van der Waals surface area contributed by atoms with Gasteiger partial charge in [0, 0.05) is 80.6 Å². The molecule has 3 aromatic heterocycles. The summed E-state index contributed by atoms with van der Waals surface area (Å²) in [5.74, 6) is 0.374. The average Bonchev–Trinajstić information content (AvgIpc) is 3.68. The van der Waals surface area contributed by atoms with E-state index in [9.17, 15) is 14.7 Å². The van der Waals surface area contributed by atoms with Gasteiger partial charge in [0.15, 0.2) is 5.82 Å². The molecule has 2 amide bonds. The first-order chi connectivity index (χ1) is 24.8. The normalized spacial score (nSPS) is 16.2. The van der Waals surface area contributed by atoms with Gasteiger partial charge in [0.25, 0.3) is 0 Å². The Morgan fingerprint density at radius 1 is 1.10 bits per heavy atom. The second kappa shape index (κ2) is 14.2. The maximum absolute atomic E-state index is 13.8. The predicted molar refractivity (Wildman–Crippen MR) is 202 cm³/mol. The molecule has 2 aliphatic heterocycles. The van der Waals surface area contributed by atoms with Gasteiger partial charge in [-0.05, 0) is 86.7 Å². The van der Waals surface area contributed by atoms with Crippen LogP contribution in [0.5, 0.6) is 0 Å². The summed E-state index contributed by atoms with van der Waals surface area (Å²) in [6.07, 6.45) is 4.34. The number of anilines is 3. The molecule has 5 heterocycles. The first-order valence-electron chi connectivity index (χ1n) is 17.5. The number of nitrogens with zero attached hydrogens (tertiary/aromatic N) is 7. The highest BCUT2D eigenvalue weighted by atomic mass is 35.5. The summed E-state index contributed by atoms with van der Waals surface area (Å²) in [6.45, 7) is 10.6. The number of hydrogen-bond acceptors (Lipinski definition) is 9. The summed E-state index contributed by atoms with van der Waals surface area (Å²) in [4.78, 5) is 44.3. The molecule has 1 saturated heterocycles. The van der Waals surface area contributed by atoms with Crippen molar-refractivity contribution in [3.63, 3.8) is 0 Å². The lowest BCUT2D eigenvalue weighted by Crippen LogP contribution is -2.40. The molecule has 7 rings (SSSR count). The topological polar surface area (TPSA) is 129 Å². The number of carbonyl (C=O) groups is 2. The van der Waals surface area contributed by atoms with Crippen LogP contribution in [0, 0.1) is 6.92 Å². The first kappa shape index (κ1) is 35.4. The molecule has 12 nitrogen and oxygen atoms in total. The van der Waals surface area contributed by atoms with Crippen molar-refractivity contribution in [3.05, 3.63) is 95.3 Å². The molecule has 5 aromatic rings. The van der Waals surface area contributed by atoms with Crippen molar-refractivity contribution in [3.8, 4) is 11.1 Å². The fourth-order valence-corrected chi connectivity index (χ4v) is 7.09. The fourth-order valence-electron chi connectivity index (χ4n) is 6.91. The monoisotopic (exact) mass is 722 g/mol. The molecular formula is C39H43ClN8O4. The molecule has 13 heteroatoms. The molecule has 0 bridgehead atoms. The van der Waals surface area contributed by atoms with Crippen molar-refractivity contribution in [1.29, 1.82) is 0 Å². The van der Waals surface area contributed by atoms with E-state index >= 15 is 0 Å². The number of aliphatic hydroxyl groups excluding tert-OH is 1. The van der Waals surface area contributed by atoms with E-state index in [1.807, 2.05) is 76.4 Å². The molecule has 2 aromatic carbocycles. The van der Waals surface area contributed by atoms with Gasteiger partial charge in [-0.15, -0.1) is 0 Å². The van der Waals surface area contributed by atoms with Crippen LogP contribution in [0.1, 0.15) is 60.3 Å². The highest BCUT2D eigenvalue weighted by molar-refractivity contribution is 6.38. The molecule has 1 fully saturated rings. The summed E-state index contributed by atoms with van der Waals surface area (Å²) in [7, 11) is 1.80. The van der Waals surface area contributed by atoms with E-state index in [0.29, 0.717) is 36.7 Å². The number of nitrogens with one attached hydrogen (secondary N) is 1. The van der Waals surface area contributed by atoms with Crippen LogP contribution >= 0.6 is 11.8 Å². The molecule has 0 spiro atoms. The van der Waals surface area contributed by atoms with E-state index in [4.69, 9.17) is 21.5 Å². The highest BCUT2D eigenvalue weighted by Crippen LogP contribution is 2.34. The number of imidazole rings is 1. The smallest absolute Gasteiger partial charge is 0.410 e. The molecule has 0 radical (unpaired) electrons. The van der Waals surface area contributed by atoms with Crippen molar-refractivity contribution in [2.24, 2.45) is 7.05 Å². The van der Waals surface area contributed by atoms with Gasteiger partial charge in [-0.3, -0.25) is 14.7 Å². The van der Waals surface area contributed by atoms with Crippen LogP contribution in [0.2, 0.25) is 0 Å². The number of benzene rings is 2. The van der Waals surface area contributed by atoms with Gasteiger partial charge in [0.05, 0.1) is 24.0 Å². The van der Waals surface area contributed by atoms with Crippen LogP contribution in [0.3, 0.4) is 0 Å². The van der Waals surface area contributed by atoms with Crippen molar-refractivity contribution in [2.45, 2.75) is 65.3 Å². The Hall–Kier alpha value is -5.04. The van der Waals surface area contributed by atoms with Crippen molar-refractivity contribution < 1.29 is 19.4 Å². The molecule has 0 saturated carbocycles. The van der Waals surface area contributed by atoms with Crippen LogP contribution in [-0.2, 0) is 31.3 Å². The minimum Gasteiger partial charge on any atom is -0.444 e. The Balaban J connectivity index is 1.09. The van der Waals surface area contributed by atoms with Gasteiger partial charge in [0.2, 0.25) is 5.82 Å². The molecule has 1 unspecified atom stereocenters. The van der Waals surface area contributed by atoms with Gasteiger partial charge in [-0.2, -0.15) is 0 Å². The number of fused-ring (bicyclic) bond motifs is 2. The SMILES string of the molecule is Cc1c(Nc2nccc3cc(CN4CCC(O)C4)cnc23)cccc1-c1cccc(N(Cl)C(=O)c2nc3c(n2C)CCN(C(=O)OC(C)(C)C)C3)c1. The van der Waals surface area contributed by atoms with Crippen LogP contribution in [-0.4, -0.2) is 77.8 Å². The van der Waals surface area contributed by atoms with E-state index in [0.717, 1.165) is 68.5 Å². The lowest BCUT2D eigenvalue weighted by atomic mass is 9.98. The summed E-state index contributed by atoms with van der Waals surface area (Å²) in [6, 6.07) is 17.6. The summed E-state index contributed by atoms with van der Waals surface area (Å²) < 4.78 is 8.40. The first-order valence-corrected chi connectivity index (χ1v) is 17.8. The van der Waals surface area contributed by atoms with Gasteiger partial charge < -0.3 is 24.6 Å². The third kappa shape index (κ3) is 7.32. The maximum Gasteiger partial charge on any atom is 0.410 e. The molecule has 1 atom stereocenters.